The second kappa shape index (κ2) is 7.30. The number of carbonyl (C=O) groups excluding carboxylic acids is 2. The number of amides is 1. The number of methoxy groups -OCH3 is 2. The molecule has 1 atom stereocenters. The van der Waals surface area contributed by atoms with Gasteiger partial charge in [-0.05, 0) is 75.3 Å². The van der Waals surface area contributed by atoms with Crippen LogP contribution >= 0.6 is 0 Å². The third-order valence-corrected chi connectivity index (χ3v) is 6.71. The Bertz CT molecular complexity index is 739. The lowest BCUT2D eigenvalue weighted by Crippen LogP contribution is -2.61. The molecule has 1 N–H and O–H groups in total. The van der Waals surface area contributed by atoms with E-state index in [0.29, 0.717) is 11.5 Å². The monoisotopic (exact) mass is 387 g/mol. The smallest absolute Gasteiger partial charge is 0.342 e. The summed E-state index contributed by atoms with van der Waals surface area (Å²) in [6.45, 7) is 1.63. The van der Waals surface area contributed by atoms with Gasteiger partial charge in [0, 0.05) is 11.6 Å². The molecule has 4 aliphatic rings. The minimum Gasteiger partial charge on any atom is -0.497 e. The number of benzene rings is 1. The Morgan fingerprint density at radius 3 is 2.18 bits per heavy atom. The van der Waals surface area contributed by atoms with Crippen LogP contribution in [0.5, 0.6) is 11.5 Å². The highest BCUT2D eigenvalue weighted by atomic mass is 16.5. The molecule has 0 spiro atoms. The fourth-order valence-corrected chi connectivity index (χ4v) is 5.87. The van der Waals surface area contributed by atoms with Gasteiger partial charge in [-0.2, -0.15) is 0 Å². The number of hydrogen-bond donors (Lipinski definition) is 1. The van der Waals surface area contributed by atoms with Crippen LogP contribution in [-0.4, -0.2) is 37.7 Å². The van der Waals surface area contributed by atoms with E-state index >= 15 is 0 Å². The van der Waals surface area contributed by atoms with Gasteiger partial charge in [-0.15, -0.1) is 0 Å². The first kappa shape index (κ1) is 19.1. The van der Waals surface area contributed by atoms with Gasteiger partial charge in [0.15, 0.2) is 6.10 Å². The maximum Gasteiger partial charge on any atom is 0.342 e. The lowest BCUT2D eigenvalue weighted by atomic mass is 9.53. The lowest BCUT2D eigenvalue weighted by Gasteiger charge is -2.57. The molecule has 0 radical (unpaired) electrons. The van der Waals surface area contributed by atoms with E-state index < -0.39 is 12.1 Å². The van der Waals surface area contributed by atoms with Gasteiger partial charge in [-0.3, -0.25) is 4.79 Å². The van der Waals surface area contributed by atoms with E-state index in [1.54, 1.807) is 32.2 Å². The van der Waals surface area contributed by atoms with Crippen molar-refractivity contribution in [1.29, 1.82) is 0 Å². The number of ether oxygens (including phenoxy) is 3. The predicted octanol–water partition coefficient (Wildman–Crippen LogP) is 3.33. The Morgan fingerprint density at radius 1 is 1.04 bits per heavy atom. The number of rotatable bonds is 6. The van der Waals surface area contributed by atoms with E-state index in [1.165, 1.54) is 26.4 Å². The van der Waals surface area contributed by atoms with Crippen LogP contribution in [0.25, 0.3) is 0 Å². The van der Waals surface area contributed by atoms with Crippen molar-refractivity contribution < 1.29 is 23.8 Å². The van der Waals surface area contributed by atoms with Crippen molar-refractivity contribution in [3.8, 4) is 11.5 Å². The van der Waals surface area contributed by atoms with E-state index in [9.17, 15) is 9.59 Å². The van der Waals surface area contributed by atoms with E-state index in [2.05, 4.69) is 5.32 Å². The molecule has 6 heteroatoms. The summed E-state index contributed by atoms with van der Waals surface area (Å²) in [5.41, 5.74) is 0.183. The Kier molecular flexibility index (Phi) is 4.98. The van der Waals surface area contributed by atoms with Crippen LogP contribution in [0.2, 0.25) is 0 Å². The zero-order chi connectivity index (χ0) is 19.9. The molecule has 4 saturated carbocycles. The summed E-state index contributed by atoms with van der Waals surface area (Å²) in [4.78, 5) is 25.4. The van der Waals surface area contributed by atoms with Crippen molar-refractivity contribution in [2.75, 3.05) is 14.2 Å². The first-order chi connectivity index (χ1) is 13.4. The molecule has 4 bridgehead atoms. The Morgan fingerprint density at radius 2 is 1.64 bits per heavy atom. The molecule has 0 aliphatic heterocycles. The minimum atomic E-state index is -0.854. The van der Waals surface area contributed by atoms with Gasteiger partial charge in [0.2, 0.25) is 0 Å². The third-order valence-electron chi connectivity index (χ3n) is 6.71. The molecule has 5 rings (SSSR count). The maximum absolute atomic E-state index is 12.8. The Hall–Kier alpha value is -2.24. The van der Waals surface area contributed by atoms with Crippen LogP contribution < -0.4 is 14.8 Å². The zero-order valence-corrected chi connectivity index (χ0v) is 16.8. The van der Waals surface area contributed by atoms with E-state index in [4.69, 9.17) is 14.2 Å². The predicted molar refractivity (Wildman–Crippen MR) is 103 cm³/mol. The van der Waals surface area contributed by atoms with Crippen LogP contribution in [0.4, 0.5) is 0 Å². The van der Waals surface area contributed by atoms with E-state index in [-0.39, 0.29) is 17.0 Å². The first-order valence-electron chi connectivity index (χ1n) is 10.2. The summed E-state index contributed by atoms with van der Waals surface area (Å²) in [6.07, 6.45) is 6.30. The molecule has 0 heterocycles. The molecule has 4 aliphatic carbocycles. The highest BCUT2D eigenvalue weighted by Gasteiger charge is 2.51. The van der Waals surface area contributed by atoms with Gasteiger partial charge in [0.05, 0.1) is 14.2 Å². The molecule has 1 aromatic carbocycles. The summed E-state index contributed by atoms with van der Waals surface area (Å²) < 4.78 is 15.9. The number of hydrogen-bond acceptors (Lipinski definition) is 5. The van der Waals surface area contributed by atoms with Gasteiger partial charge in [0.1, 0.15) is 17.1 Å². The molecule has 152 valence electrons. The van der Waals surface area contributed by atoms with Crippen LogP contribution in [-0.2, 0) is 9.53 Å². The maximum atomic E-state index is 12.8. The molecule has 6 nitrogen and oxygen atoms in total. The SMILES string of the molecule is COc1ccc(C(=O)O[C@H](C)C(=O)NC23CC4CC(CC(C4)C2)C3)c(OC)c1. The summed E-state index contributed by atoms with van der Waals surface area (Å²) in [7, 11) is 3.03. The molecule has 0 saturated heterocycles. The molecule has 28 heavy (non-hydrogen) atoms. The summed E-state index contributed by atoms with van der Waals surface area (Å²) in [5.74, 6) is 2.39. The zero-order valence-electron chi connectivity index (χ0n) is 16.8. The van der Waals surface area contributed by atoms with E-state index in [0.717, 1.165) is 37.0 Å². The van der Waals surface area contributed by atoms with Crippen molar-refractivity contribution in [1.82, 2.24) is 5.32 Å². The normalized spacial score (nSPS) is 31.2. The fourth-order valence-electron chi connectivity index (χ4n) is 5.87. The van der Waals surface area contributed by atoms with E-state index in [1.807, 2.05) is 0 Å². The van der Waals surface area contributed by atoms with Gasteiger partial charge in [0.25, 0.3) is 5.91 Å². The topological polar surface area (TPSA) is 73.9 Å². The van der Waals surface area contributed by atoms with Crippen molar-refractivity contribution in [2.45, 2.75) is 57.1 Å². The number of nitrogens with one attached hydrogen (secondary N) is 1. The largest absolute Gasteiger partial charge is 0.497 e. The summed E-state index contributed by atoms with van der Waals surface area (Å²) >= 11 is 0. The van der Waals surface area contributed by atoms with Crippen molar-refractivity contribution >= 4 is 11.9 Å². The standard InChI is InChI=1S/C22H29NO5/c1-13(28-21(25)18-5-4-17(26-2)9-19(18)27-3)20(24)23-22-10-14-6-15(11-22)8-16(7-14)12-22/h4-5,9,13-16H,6-8,10-12H2,1-3H3,(H,23,24)/t13-,14?,15?,16?,22?/m1/s1. The molecule has 4 fully saturated rings. The Labute approximate surface area is 165 Å². The van der Waals surface area contributed by atoms with Crippen molar-refractivity contribution in [3.05, 3.63) is 23.8 Å². The third kappa shape index (κ3) is 3.56. The second-order valence-electron chi connectivity index (χ2n) is 8.80. The highest BCUT2D eigenvalue weighted by molar-refractivity contribution is 5.95. The molecule has 0 aromatic heterocycles. The van der Waals surface area contributed by atoms with Crippen molar-refractivity contribution in [3.63, 3.8) is 0 Å². The average Bonchev–Trinajstić information content (AvgIpc) is 2.65. The van der Waals surface area contributed by atoms with Crippen molar-refractivity contribution in [2.24, 2.45) is 17.8 Å². The van der Waals surface area contributed by atoms with Gasteiger partial charge in [-0.1, -0.05) is 0 Å². The molecular weight excluding hydrogens is 358 g/mol. The van der Waals surface area contributed by atoms with Gasteiger partial charge >= 0.3 is 5.97 Å². The van der Waals surface area contributed by atoms with Crippen LogP contribution in [0.15, 0.2) is 18.2 Å². The fraction of sp³-hybridized carbons (Fsp3) is 0.636. The van der Waals surface area contributed by atoms with Crippen LogP contribution in [0.1, 0.15) is 55.8 Å². The van der Waals surface area contributed by atoms with Crippen LogP contribution in [0, 0.1) is 17.8 Å². The van der Waals surface area contributed by atoms with Crippen LogP contribution in [0.3, 0.4) is 0 Å². The molecular formula is C22H29NO5. The Balaban J connectivity index is 1.40. The van der Waals surface area contributed by atoms with Gasteiger partial charge < -0.3 is 19.5 Å². The molecule has 0 unspecified atom stereocenters. The summed E-state index contributed by atoms with van der Waals surface area (Å²) in [5, 5.41) is 3.26. The molecule has 1 amide bonds. The first-order valence-corrected chi connectivity index (χ1v) is 10.2. The lowest BCUT2D eigenvalue weighted by molar-refractivity contribution is -0.134. The quantitative estimate of drug-likeness (QED) is 0.758. The number of carbonyl (C=O) groups is 2. The second-order valence-corrected chi connectivity index (χ2v) is 8.80. The molecule has 1 aromatic rings. The number of esters is 1. The summed E-state index contributed by atoms with van der Waals surface area (Å²) in [6, 6.07) is 4.87. The highest BCUT2D eigenvalue weighted by Crippen LogP contribution is 2.55. The minimum absolute atomic E-state index is 0.0930. The van der Waals surface area contributed by atoms with Gasteiger partial charge in [-0.25, -0.2) is 4.79 Å². The average molecular weight is 387 g/mol.